The SMILES string of the molecule is Cc1ccc2nc(-c3ccc(NC(=O)C(C)N4C(=O)NC5(CCCC5)C4=O)cc3)sc2c1. The lowest BCUT2D eigenvalue weighted by molar-refractivity contribution is -0.136. The quantitative estimate of drug-likeness (QED) is 0.577. The molecule has 1 saturated carbocycles. The zero-order valence-electron chi connectivity index (χ0n) is 18.0. The molecule has 164 valence electrons. The van der Waals surface area contributed by atoms with Gasteiger partial charge in [-0.05, 0) is 68.7 Å². The molecule has 1 aliphatic heterocycles. The van der Waals surface area contributed by atoms with Crippen molar-refractivity contribution in [1.82, 2.24) is 15.2 Å². The fourth-order valence-electron chi connectivity index (χ4n) is 4.53. The standard InChI is InChI=1S/C24H24N4O3S/c1-14-5-10-18-19(13-14)32-21(26-18)16-6-8-17(9-7-16)25-20(29)15(2)28-22(30)24(27-23(28)31)11-3-4-12-24/h5-10,13,15H,3-4,11-12H2,1-2H3,(H,25,29)(H,27,31). The minimum Gasteiger partial charge on any atom is -0.324 e. The van der Waals surface area contributed by atoms with Gasteiger partial charge in [-0.2, -0.15) is 0 Å². The molecule has 7 nitrogen and oxygen atoms in total. The molecule has 2 fully saturated rings. The minimum atomic E-state index is -0.894. The number of aryl methyl sites for hydroxylation is 1. The van der Waals surface area contributed by atoms with Crippen molar-refractivity contribution in [2.24, 2.45) is 0 Å². The number of amides is 4. The number of anilines is 1. The van der Waals surface area contributed by atoms with Crippen LogP contribution in [0.3, 0.4) is 0 Å². The molecule has 2 aliphatic rings. The number of carbonyl (C=O) groups is 3. The number of nitrogens with one attached hydrogen (secondary N) is 2. The molecule has 8 heteroatoms. The van der Waals surface area contributed by atoms with Gasteiger partial charge in [-0.25, -0.2) is 14.7 Å². The lowest BCUT2D eigenvalue weighted by Crippen LogP contribution is -2.48. The maximum absolute atomic E-state index is 12.9. The van der Waals surface area contributed by atoms with Crippen molar-refractivity contribution in [3.05, 3.63) is 48.0 Å². The second-order valence-electron chi connectivity index (χ2n) is 8.63. The molecule has 32 heavy (non-hydrogen) atoms. The number of nitrogens with zero attached hydrogens (tertiary/aromatic N) is 2. The summed E-state index contributed by atoms with van der Waals surface area (Å²) in [6, 6.07) is 12.2. The number of aromatic nitrogens is 1. The minimum absolute atomic E-state index is 0.288. The number of urea groups is 1. The summed E-state index contributed by atoms with van der Waals surface area (Å²) < 4.78 is 1.14. The fraction of sp³-hybridized carbons (Fsp3) is 0.333. The molecule has 1 aliphatic carbocycles. The summed E-state index contributed by atoms with van der Waals surface area (Å²) in [5.41, 5.74) is 2.92. The van der Waals surface area contributed by atoms with Crippen LogP contribution >= 0.6 is 11.3 Å². The molecule has 1 saturated heterocycles. The monoisotopic (exact) mass is 448 g/mol. The molecule has 1 unspecified atom stereocenters. The molecular formula is C24H24N4O3S. The van der Waals surface area contributed by atoms with E-state index in [-0.39, 0.29) is 5.91 Å². The van der Waals surface area contributed by atoms with Crippen molar-refractivity contribution < 1.29 is 14.4 Å². The maximum atomic E-state index is 12.9. The van der Waals surface area contributed by atoms with Crippen molar-refractivity contribution >= 4 is 45.1 Å². The number of thiazole rings is 1. The van der Waals surface area contributed by atoms with Crippen LogP contribution in [-0.2, 0) is 9.59 Å². The van der Waals surface area contributed by atoms with E-state index >= 15 is 0 Å². The third-order valence-corrected chi connectivity index (χ3v) is 7.43. The normalized spacial score (nSPS) is 18.4. The van der Waals surface area contributed by atoms with E-state index in [0.717, 1.165) is 38.5 Å². The van der Waals surface area contributed by atoms with Gasteiger partial charge in [0.25, 0.3) is 5.91 Å². The van der Waals surface area contributed by atoms with Crippen LogP contribution in [0.4, 0.5) is 10.5 Å². The number of benzene rings is 2. The van der Waals surface area contributed by atoms with E-state index in [1.54, 1.807) is 18.3 Å². The van der Waals surface area contributed by atoms with Gasteiger partial charge in [0.2, 0.25) is 5.91 Å². The third-order valence-electron chi connectivity index (χ3n) is 6.36. The summed E-state index contributed by atoms with van der Waals surface area (Å²) in [5.74, 6) is -0.684. The number of hydrogen-bond donors (Lipinski definition) is 2. The summed E-state index contributed by atoms with van der Waals surface area (Å²) in [5, 5.41) is 6.56. The Labute approximate surface area is 189 Å². The predicted molar refractivity (Wildman–Crippen MR) is 124 cm³/mol. The largest absolute Gasteiger partial charge is 0.325 e. The van der Waals surface area contributed by atoms with E-state index < -0.39 is 23.5 Å². The third kappa shape index (κ3) is 3.44. The van der Waals surface area contributed by atoms with E-state index in [4.69, 9.17) is 0 Å². The molecule has 1 atom stereocenters. The summed E-state index contributed by atoms with van der Waals surface area (Å²) in [4.78, 5) is 43.9. The number of fused-ring (bicyclic) bond motifs is 1. The first-order valence-electron chi connectivity index (χ1n) is 10.8. The van der Waals surface area contributed by atoms with Crippen LogP contribution in [-0.4, -0.2) is 39.3 Å². The van der Waals surface area contributed by atoms with E-state index in [1.807, 2.05) is 36.4 Å². The Hall–Kier alpha value is -3.26. The molecule has 4 amide bonds. The van der Waals surface area contributed by atoms with Crippen LogP contribution in [0.2, 0.25) is 0 Å². The second kappa shape index (κ2) is 7.70. The van der Waals surface area contributed by atoms with Gasteiger partial charge in [0, 0.05) is 11.3 Å². The van der Waals surface area contributed by atoms with Crippen LogP contribution in [0, 0.1) is 6.92 Å². The maximum Gasteiger partial charge on any atom is 0.325 e. The molecule has 1 aromatic heterocycles. The van der Waals surface area contributed by atoms with Gasteiger partial charge >= 0.3 is 6.03 Å². The van der Waals surface area contributed by atoms with Crippen molar-refractivity contribution in [3.8, 4) is 10.6 Å². The number of rotatable bonds is 4. The highest BCUT2D eigenvalue weighted by Crippen LogP contribution is 2.36. The Morgan fingerprint density at radius 2 is 1.88 bits per heavy atom. The van der Waals surface area contributed by atoms with Gasteiger partial charge in [-0.3, -0.25) is 9.59 Å². The highest BCUT2D eigenvalue weighted by molar-refractivity contribution is 7.21. The number of hydrogen-bond acceptors (Lipinski definition) is 5. The van der Waals surface area contributed by atoms with E-state index in [2.05, 4.69) is 28.6 Å². The van der Waals surface area contributed by atoms with Crippen molar-refractivity contribution in [2.75, 3.05) is 5.32 Å². The molecule has 1 spiro atoms. The first-order valence-corrected chi connectivity index (χ1v) is 11.6. The fourth-order valence-corrected chi connectivity index (χ4v) is 5.60. The van der Waals surface area contributed by atoms with Crippen molar-refractivity contribution in [2.45, 2.75) is 51.1 Å². The lowest BCUT2D eigenvalue weighted by atomic mass is 9.97. The van der Waals surface area contributed by atoms with Gasteiger partial charge < -0.3 is 10.6 Å². The smallest absolute Gasteiger partial charge is 0.324 e. The molecule has 2 N–H and O–H groups in total. The average molecular weight is 449 g/mol. The zero-order valence-corrected chi connectivity index (χ0v) is 18.8. The first kappa shape index (κ1) is 20.6. The topological polar surface area (TPSA) is 91.4 Å². The van der Waals surface area contributed by atoms with E-state index in [9.17, 15) is 14.4 Å². The molecule has 2 aromatic carbocycles. The summed E-state index contributed by atoms with van der Waals surface area (Å²) in [6.07, 6.45) is 3.08. The van der Waals surface area contributed by atoms with Crippen LogP contribution in [0.1, 0.15) is 38.2 Å². The van der Waals surface area contributed by atoms with Gasteiger partial charge in [0.05, 0.1) is 10.2 Å². The molecule has 0 radical (unpaired) electrons. The molecule has 2 heterocycles. The van der Waals surface area contributed by atoms with Gasteiger partial charge in [0.15, 0.2) is 0 Å². The first-order chi connectivity index (χ1) is 15.4. The van der Waals surface area contributed by atoms with Gasteiger partial charge in [-0.1, -0.05) is 18.9 Å². The van der Waals surface area contributed by atoms with Gasteiger partial charge in [0.1, 0.15) is 16.6 Å². The molecule has 3 aromatic rings. The summed E-state index contributed by atoms with van der Waals surface area (Å²) >= 11 is 1.63. The predicted octanol–water partition coefficient (Wildman–Crippen LogP) is 4.46. The Morgan fingerprint density at radius 3 is 2.59 bits per heavy atom. The lowest BCUT2D eigenvalue weighted by Gasteiger charge is -2.23. The molecular weight excluding hydrogens is 424 g/mol. The second-order valence-corrected chi connectivity index (χ2v) is 9.66. The van der Waals surface area contributed by atoms with Crippen molar-refractivity contribution in [3.63, 3.8) is 0 Å². The van der Waals surface area contributed by atoms with Crippen LogP contribution in [0.25, 0.3) is 20.8 Å². The van der Waals surface area contributed by atoms with Crippen LogP contribution < -0.4 is 10.6 Å². The highest BCUT2D eigenvalue weighted by Gasteiger charge is 2.54. The van der Waals surface area contributed by atoms with E-state index in [0.29, 0.717) is 18.5 Å². The average Bonchev–Trinajstić information content (AvgIpc) is 3.46. The summed E-state index contributed by atoms with van der Waals surface area (Å²) in [7, 11) is 0. The molecule has 0 bridgehead atoms. The van der Waals surface area contributed by atoms with E-state index in [1.165, 1.54) is 5.56 Å². The summed E-state index contributed by atoms with van der Waals surface area (Å²) in [6.45, 7) is 3.64. The Kier molecular flexibility index (Phi) is 4.97. The number of imide groups is 1. The molecule has 5 rings (SSSR count). The highest BCUT2D eigenvalue weighted by atomic mass is 32.1. The van der Waals surface area contributed by atoms with Crippen LogP contribution in [0.5, 0.6) is 0 Å². The van der Waals surface area contributed by atoms with Gasteiger partial charge in [-0.15, -0.1) is 11.3 Å². The zero-order chi connectivity index (χ0) is 22.5. The number of carbonyl (C=O) groups excluding carboxylic acids is 3. The van der Waals surface area contributed by atoms with Crippen molar-refractivity contribution in [1.29, 1.82) is 0 Å². The Morgan fingerprint density at radius 1 is 1.16 bits per heavy atom. The Balaban J connectivity index is 1.29. The Bertz CT molecular complexity index is 1230. The van der Waals surface area contributed by atoms with Crippen LogP contribution in [0.15, 0.2) is 42.5 Å².